The van der Waals surface area contributed by atoms with Crippen LogP contribution in [-0.2, 0) is 6.54 Å². The Bertz CT molecular complexity index is 1130. The zero-order valence-corrected chi connectivity index (χ0v) is 16.9. The molecule has 0 saturated carbocycles. The molecule has 1 heterocycles. The van der Waals surface area contributed by atoms with E-state index < -0.39 is 0 Å². The minimum Gasteiger partial charge on any atom is -0.323 e. The summed E-state index contributed by atoms with van der Waals surface area (Å²) in [5.41, 5.74) is 6.16. The molecule has 1 aliphatic heterocycles. The van der Waals surface area contributed by atoms with Crippen molar-refractivity contribution in [3.05, 3.63) is 95.1 Å². The highest BCUT2D eigenvalue weighted by atomic mass is 15.1. The number of likely N-dealkylation sites (N-methyl/N-ethyl adjacent to an activating group) is 1. The molecule has 0 spiro atoms. The van der Waals surface area contributed by atoms with Crippen LogP contribution in [0.25, 0.3) is 10.8 Å². The zero-order valence-electron chi connectivity index (χ0n) is 16.9. The van der Waals surface area contributed by atoms with Gasteiger partial charge in [0.1, 0.15) is 0 Å². The Balaban J connectivity index is 1.74. The average Bonchev–Trinajstić information content (AvgIpc) is 2.72. The standard InChI is InChI=1S/C25H26N4/c1-17(26)7-12-25(28-27)21-10-11-23-22(14-21)15-29(2)16-24(23)20-9-8-18-5-3-4-6-19(18)13-20/h3-14,24,26H,15-16,27H2,1-2H3. The highest BCUT2D eigenvalue weighted by molar-refractivity contribution is 6.11. The van der Waals surface area contributed by atoms with Gasteiger partial charge in [-0.2, -0.15) is 5.10 Å². The average molecular weight is 383 g/mol. The fourth-order valence-electron chi connectivity index (χ4n) is 4.13. The van der Waals surface area contributed by atoms with Gasteiger partial charge in [0.15, 0.2) is 0 Å². The van der Waals surface area contributed by atoms with Crippen molar-refractivity contribution in [2.45, 2.75) is 19.4 Å². The minimum absolute atomic E-state index is 0.333. The van der Waals surface area contributed by atoms with Gasteiger partial charge in [0.05, 0.1) is 5.71 Å². The molecule has 3 aromatic rings. The molecule has 1 aliphatic rings. The van der Waals surface area contributed by atoms with Crippen molar-refractivity contribution < 1.29 is 0 Å². The number of rotatable bonds is 4. The molecular formula is C25H26N4. The summed E-state index contributed by atoms with van der Waals surface area (Å²) in [5.74, 6) is 5.95. The zero-order chi connectivity index (χ0) is 20.4. The van der Waals surface area contributed by atoms with Crippen molar-refractivity contribution in [2.75, 3.05) is 13.6 Å². The normalized spacial score (nSPS) is 17.6. The molecular weight excluding hydrogens is 356 g/mol. The molecule has 0 aromatic heterocycles. The number of hydrogen-bond acceptors (Lipinski definition) is 4. The maximum absolute atomic E-state index is 7.59. The number of allylic oxidation sites excluding steroid dienone is 2. The Morgan fingerprint density at radius 2 is 1.86 bits per heavy atom. The van der Waals surface area contributed by atoms with Gasteiger partial charge in [-0.15, -0.1) is 0 Å². The van der Waals surface area contributed by atoms with E-state index in [0.717, 1.165) is 18.7 Å². The Labute approximate surface area is 171 Å². The van der Waals surface area contributed by atoms with Gasteiger partial charge >= 0.3 is 0 Å². The monoisotopic (exact) mass is 382 g/mol. The summed E-state index contributed by atoms with van der Waals surface area (Å²) in [6, 6.07) is 21.8. The molecule has 3 N–H and O–H groups in total. The van der Waals surface area contributed by atoms with Crippen molar-refractivity contribution in [3.63, 3.8) is 0 Å². The number of benzene rings is 3. The van der Waals surface area contributed by atoms with Gasteiger partial charge in [-0.3, -0.25) is 0 Å². The van der Waals surface area contributed by atoms with E-state index in [2.05, 4.69) is 77.7 Å². The number of hydrazone groups is 1. The Morgan fingerprint density at radius 1 is 1.07 bits per heavy atom. The Morgan fingerprint density at radius 3 is 2.62 bits per heavy atom. The van der Waals surface area contributed by atoms with E-state index >= 15 is 0 Å². The van der Waals surface area contributed by atoms with E-state index in [1.165, 1.54) is 27.5 Å². The lowest BCUT2D eigenvalue weighted by Gasteiger charge is -2.33. The number of nitrogens with zero attached hydrogens (tertiary/aromatic N) is 2. The molecule has 0 fully saturated rings. The predicted octanol–water partition coefficient (Wildman–Crippen LogP) is 4.68. The van der Waals surface area contributed by atoms with E-state index in [1.54, 1.807) is 19.1 Å². The van der Waals surface area contributed by atoms with E-state index in [4.69, 9.17) is 11.3 Å². The molecule has 146 valence electrons. The number of nitrogens with two attached hydrogens (primary N) is 1. The van der Waals surface area contributed by atoms with E-state index in [0.29, 0.717) is 17.3 Å². The summed E-state index contributed by atoms with van der Waals surface area (Å²) >= 11 is 0. The molecule has 4 nitrogen and oxygen atoms in total. The lowest BCUT2D eigenvalue weighted by Crippen LogP contribution is -2.31. The first kappa shape index (κ1) is 19.1. The highest BCUT2D eigenvalue weighted by Gasteiger charge is 2.25. The third-order valence-corrected chi connectivity index (χ3v) is 5.55. The number of hydrogen-bond donors (Lipinski definition) is 2. The Hall–Kier alpha value is -3.24. The van der Waals surface area contributed by atoms with Gasteiger partial charge < -0.3 is 16.2 Å². The van der Waals surface area contributed by atoms with Gasteiger partial charge in [-0.1, -0.05) is 54.6 Å². The van der Waals surface area contributed by atoms with E-state index in [-0.39, 0.29) is 0 Å². The summed E-state index contributed by atoms with van der Waals surface area (Å²) in [5, 5.41) is 14.1. The molecule has 4 heteroatoms. The minimum atomic E-state index is 0.333. The molecule has 0 bridgehead atoms. The quantitative estimate of drug-likeness (QED) is 0.391. The molecule has 3 aromatic carbocycles. The molecule has 0 saturated heterocycles. The van der Waals surface area contributed by atoms with Crippen LogP contribution in [0, 0.1) is 5.41 Å². The SMILES string of the molecule is CC(=N)C=CC(=NN)c1ccc2c(c1)CN(C)CC2c1ccc2ccccc2c1. The fraction of sp³-hybridized carbons (Fsp3) is 0.200. The molecule has 29 heavy (non-hydrogen) atoms. The lowest BCUT2D eigenvalue weighted by atomic mass is 9.83. The third-order valence-electron chi connectivity index (χ3n) is 5.55. The van der Waals surface area contributed by atoms with E-state index in [9.17, 15) is 0 Å². The predicted molar refractivity (Wildman–Crippen MR) is 122 cm³/mol. The van der Waals surface area contributed by atoms with Gasteiger partial charge in [-0.25, -0.2) is 0 Å². The topological polar surface area (TPSA) is 65.5 Å². The van der Waals surface area contributed by atoms with Crippen molar-refractivity contribution in [3.8, 4) is 0 Å². The van der Waals surface area contributed by atoms with Crippen LogP contribution in [0.4, 0.5) is 0 Å². The van der Waals surface area contributed by atoms with Crippen molar-refractivity contribution in [2.24, 2.45) is 10.9 Å². The molecule has 0 aliphatic carbocycles. The van der Waals surface area contributed by atoms with Crippen molar-refractivity contribution in [1.29, 1.82) is 5.41 Å². The molecule has 0 radical (unpaired) electrons. The molecule has 1 atom stereocenters. The number of nitrogens with one attached hydrogen (secondary N) is 1. The fourth-order valence-corrected chi connectivity index (χ4v) is 4.13. The summed E-state index contributed by atoms with van der Waals surface area (Å²) in [6.07, 6.45) is 3.52. The highest BCUT2D eigenvalue weighted by Crippen LogP contribution is 2.35. The van der Waals surface area contributed by atoms with Crippen LogP contribution >= 0.6 is 0 Å². The molecule has 0 amide bonds. The second-order valence-corrected chi connectivity index (χ2v) is 7.80. The summed E-state index contributed by atoms with van der Waals surface area (Å²) in [6.45, 7) is 3.63. The second-order valence-electron chi connectivity index (χ2n) is 7.80. The molecule has 1 unspecified atom stereocenters. The summed E-state index contributed by atoms with van der Waals surface area (Å²) < 4.78 is 0. The number of fused-ring (bicyclic) bond motifs is 2. The lowest BCUT2D eigenvalue weighted by molar-refractivity contribution is 0.295. The summed E-state index contributed by atoms with van der Waals surface area (Å²) in [4.78, 5) is 2.36. The van der Waals surface area contributed by atoms with Crippen LogP contribution in [0.3, 0.4) is 0 Å². The van der Waals surface area contributed by atoms with Gasteiger partial charge in [0.25, 0.3) is 0 Å². The molecule has 4 rings (SSSR count). The van der Waals surface area contributed by atoms with Crippen LogP contribution in [-0.4, -0.2) is 29.9 Å². The maximum atomic E-state index is 7.59. The van der Waals surface area contributed by atoms with E-state index in [1.807, 2.05) is 0 Å². The van der Waals surface area contributed by atoms with Gasteiger partial charge in [0.2, 0.25) is 0 Å². The van der Waals surface area contributed by atoms with Crippen LogP contribution in [0.2, 0.25) is 0 Å². The second kappa shape index (κ2) is 8.02. The van der Waals surface area contributed by atoms with Gasteiger partial charge in [0, 0.05) is 30.3 Å². The van der Waals surface area contributed by atoms with Crippen LogP contribution < -0.4 is 5.84 Å². The van der Waals surface area contributed by atoms with Crippen LogP contribution in [0.1, 0.15) is 35.1 Å². The third kappa shape index (κ3) is 3.98. The maximum Gasteiger partial charge on any atom is 0.0899 e. The first-order valence-electron chi connectivity index (χ1n) is 9.86. The van der Waals surface area contributed by atoms with Gasteiger partial charge in [-0.05, 0) is 59.7 Å². The first-order valence-corrected chi connectivity index (χ1v) is 9.86. The summed E-state index contributed by atoms with van der Waals surface area (Å²) in [7, 11) is 2.17. The van der Waals surface area contributed by atoms with Crippen molar-refractivity contribution in [1.82, 2.24) is 4.90 Å². The first-order chi connectivity index (χ1) is 14.0. The van der Waals surface area contributed by atoms with Crippen molar-refractivity contribution >= 4 is 22.2 Å². The largest absolute Gasteiger partial charge is 0.323 e. The smallest absolute Gasteiger partial charge is 0.0899 e. The Kier molecular flexibility index (Phi) is 5.28. The van der Waals surface area contributed by atoms with Crippen LogP contribution in [0.15, 0.2) is 77.9 Å². The van der Waals surface area contributed by atoms with Crippen LogP contribution in [0.5, 0.6) is 0 Å².